The topological polar surface area (TPSA) is 101 Å². The molecule has 2 aromatic rings. The molecular weight excluding hydrogens is 389 g/mol. The third-order valence-electron chi connectivity index (χ3n) is 3.78. The molecule has 7 nitrogen and oxygen atoms in total. The Kier molecular flexibility index (Phi) is 8.15. The summed E-state index contributed by atoms with van der Waals surface area (Å²) >= 11 is 5.84. The molecule has 0 aliphatic heterocycles. The fourth-order valence-corrected chi connectivity index (χ4v) is 2.47. The molecule has 0 aliphatic carbocycles. The monoisotopic (exact) mass is 411 g/mol. The third-order valence-corrected chi connectivity index (χ3v) is 4.03. The third kappa shape index (κ3) is 6.16. The number of halogens is 2. The summed E-state index contributed by atoms with van der Waals surface area (Å²) in [6.45, 7) is 4.77. The van der Waals surface area contributed by atoms with Crippen molar-refractivity contribution in [3.05, 3.63) is 53.1 Å². The number of rotatable bonds is 6. The quantitative estimate of drug-likeness (QED) is 0.760. The van der Waals surface area contributed by atoms with Gasteiger partial charge in [-0.05, 0) is 36.2 Å². The van der Waals surface area contributed by atoms with Crippen molar-refractivity contribution in [3.63, 3.8) is 0 Å². The smallest absolute Gasteiger partial charge is 0.276 e. The minimum Gasteiger partial charge on any atom is -0.340 e. The first-order valence-corrected chi connectivity index (χ1v) is 8.45. The average molecular weight is 412 g/mol. The van der Waals surface area contributed by atoms with Crippen molar-refractivity contribution < 1.29 is 9.59 Å². The number of hydrogen-bond acceptors (Lipinski definition) is 5. The molecular formula is C18H23Cl2N5O2. The van der Waals surface area contributed by atoms with E-state index in [9.17, 15) is 9.59 Å². The van der Waals surface area contributed by atoms with E-state index < -0.39 is 5.91 Å². The lowest BCUT2D eigenvalue weighted by molar-refractivity contribution is 0.0729. The summed E-state index contributed by atoms with van der Waals surface area (Å²) in [5, 5.41) is 3.25. The minimum absolute atomic E-state index is 0. The van der Waals surface area contributed by atoms with E-state index in [1.54, 1.807) is 31.3 Å². The first kappa shape index (κ1) is 22.8. The second kappa shape index (κ2) is 9.64. The first-order chi connectivity index (χ1) is 12.2. The van der Waals surface area contributed by atoms with Crippen LogP contribution in [0.25, 0.3) is 0 Å². The van der Waals surface area contributed by atoms with E-state index in [1.807, 2.05) is 13.8 Å². The first-order valence-electron chi connectivity index (χ1n) is 8.07. The molecule has 2 amide bonds. The van der Waals surface area contributed by atoms with Crippen LogP contribution < -0.4 is 11.1 Å². The molecule has 1 aromatic carbocycles. The van der Waals surface area contributed by atoms with Gasteiger partial charge in [0.05, 0.1) is 0 Å². The van der Waals surface area contributed by atoms with Gasteiger partial charge in [-0.3, -0.25) is 9.59 Å². The number of nitrogens with zero attached hydrogens (tertiary/aromatic N) is 3. The standard InChI is InChI=1S/C18H22ClN5O2.ClH/c1-18(2,10-20)11-24(3)17(26)15-14(21-8-9-22-15)16(25)23-13-6-4-12(19)5-7-13;/h4-9H,10-11,20H2,1-3H3,(H,23,25);1H. The van der Waals surface area contributed by atoms with Gasteiger partial charge in [0.25, 0.3) is 11.8 Å². The average Bonchev–Trinajstić information content (AvgIpc) is 2.62. The second-order valence-electron chi connectivity index (χ2n) is 6.74. The summed E-state index contributed by atoms with van der Waals surface area (Å²) in [5.41, 5.74) is 5.98. The van der Waals surface area contributed by atoms with Crippen LogP contribution >= 0.6 is 24.0 Å². The molecule has 0 atom stereocenters. The van der Waals surface area contributed by atoms with Gasteiger partial charge in [0, 0.05) is 36.7 Å². The fraction of sp³-hybridized carbons (Fsp3) is 0.333. The van der Waals surface area contributed by atoms with Crippen LogP contribution in [0.1, 0.15) is 34.8 Å². The van der Waals surface area contributed by atoms with Crippen LogP contribution in [-0.2, 0) is 0 Å². The van der Waals surface area contributed by atoms with Crippen LogP contribution in [0.4, 0.5) is 5.69 Å². The lowest BCUT2D eigenvalue weighted by Crippen LogP contribution is -2.40. The van der Waals surface area contributed by atoms with Crippen LogP contribution in [-0.4, -0.2) is 46.8 Å². The number of nitrogens with two attached hydrogens (primary N) is 1. The largest absolute Gasteiger partial charge is 0.340 e. The fourth-order valence-electron chi connectivity index (χ4n) is 2.34. The Morgan fingerprint density at radius 2 is 1.70 bits per heavy atom. The van der Waals surface area contributed by atoms with Crippen molar-refractivity contribution in [1.82, 2.24) is 14.9 Å². The van der Waals surface area contributed by atoms with Crippen molar-refractivity contribution in [2.45, 2.75) is 13.8 Å². The molecule has 0 aliphatic rings. The molecule has 0 spiro atoms. The van der Waals surface area contributed by atoms with Crippen LogP contribution in [0.3, 0.4) is 0 Å². The minimum atomic E-state index is -0.518. The molecule has 3 N–H and O–H groups in total. The molecule has 0 saturated heterocycles. The Balaban J connectivity index is 0.00000364. The van der Waals surface area contributed by atoms with E-state index in [1.165, 1.54) is 17.3 Å². The summed E-state index contributed by atoms with van der Waals surface area (Å²) in [5.74, 6) is -0.906. The van der Waals surface area contributed by atoms with Gasteiger partial charge < -0.3 is 16.0 Å². The van der Waals surface area contributed by atoms with Gasteiger partial charge >= 0.3 is 0 Å². The van der Waals surface area contributed by atoms with Crippen molar-refractivity contribution in [1.29, 1.82) is 0 Å². The van der Waals surface area contributed by atoms with Gasteiger partial charge in [0.2, 0.25) is 0 Å². The zero-order valence-corrected chi connectivity index (χ0v) is 17.0. The van der Waals surface area contributed by atoms with Crippen molar-refractivity contribution in [2.24, 2.45) is 11.1 Å². The Labute approximate surface area is 169 Å². The Bertz CT molecular complexity index is 797. The highest BCUT2D eigenvalue weighted by atomic mass is 35.5. The maximum atomic E-state index is 12.7. The Hall–Kier alpha value is -2.22. The predicted molar refractivity (Wildman–Crippen MR) is 108 cm³/mol. The molecule has 146 valence electrons. The van der Waals surface area contributed by atoms with Crippen molar-refractivity contribution in [3.8, 4) is 0 Å². The summed E-state index contributed by atoms with van der Waals surface area (Å²) in [7, 11) is 1.65. The zero-order valence-electron chi connectivity index (χ0n) is 15.4. The van der Waals surface area contributed by atoms with E-state index >= 15 is 0 Å². The normalized spacial score (nSPS) is 10.7. The number of aromatic nitrogens is 2. The van der Waals surface area contributed by atoms with Gasteiger partial charge in [0.1, 0.15) is 0 Å². The number of anilines is 1. The van der Waals surface area contributed by atoms with E-state index in [0.29, 0.717) is 23.8 Å². The Morgan fingerprint density at radius 1 is 1.15 bits per heavy atom. The van der Waals surface area contributed by atoms with Crippen LogP contribution in [0.15, 0.2) is 36.7 Å². The molecule has 9 heteroatoms. The highest BCUT2D eigenvalue weighted by Gasteiger charge is 2.26. The number of carbonyl (C=O) groups is 2. The number of nitrogens with one attached hydrogen (secondary N) is 1. The summed E-state index contributed by atoms with van der Waals surface area (Å²) in [6, 6.07) is 6.63. The molecule has 0 unspecified atom stereocenters. The van der Waals surface area contributed by atoms with E-state index in [2.05, 4.69) is 15.3 Å². The van der Waals surface area contributed by atoms with E-state index in [-0.39, 0.29) is 35.1 Å². The second-order valence-corrected chi connectivity index (χ2v) is 7.18. The SMILES string of the molecule is CN(CC(C)(C)CN)C(=O)c1nccnc1C(=O)Nc1ccc(Cl)cc1.Cl. The summed E-state index contributed by atoms with van der Waals surface area (Å²) in [4.78, 5) is 34.9. The molecule has 27 heavy (non-hydrogen) atoms. The van der Waals surface area contributed by atoms with Gasteiger partial charge in [0.15, 0.2) is 11.4 Å². The van der Waals surface area contributed by atoms with Gasteiger partial charge in [-0.2, -0.15) is 0 Å². The zero-order chi connectivity index (χ0) is 19.3. The number of hydrogen-bond donors (Lipinski definition) is 2. The van der Waals surface area contributed by atoms with Crippen molar-refractivity contribution in [2.75, 3.05) is 25.5 Å². The molecule has 2 rings (SSSR count). The van der Waals surface area contributed by atoms with Crippen molar-refractivity contribution >= 4 is 41.5 Å². The number of carbonyl (C=O) groups excluding carboxylic acids is 2. The highest BCUT2D eigenvalue weighted by Crippen LogP contribution is 2.17. The van der Waals surface area contributed by atoms with Gasteiger partial charge in [-0.1, -0.05) is 25.4 Å². The maximum Gasteiger partial charge on any atom is 0.276 e. The molecule has 0 bridgehead atoms. The molecule has 1 heterocycles. The number of benzene rings is 1. The number of amides is 2. The summed E-state index contributed by atoms with van der Waals surface area (Å²) < 4.78 is 0. The molecule has 1 aromatic heterocycles. The molecule has 0 radical (unpaired) electrons. The lowest BCUT2D eigenvalue weighted by atomic mass is 9.93. The highest BCUT2D eigenvalue weighted by molar-refractivity contribution is 6.30. The predicted octanol–water partition coefficient (Wildman–Crippen LogP) is 2.86. The van der Waals surface area contributed by atoms with E-state index in [0.717, 1.165) is 0 Å². The van der Waals surface area contributed by atoms with Gasteiger partial charge in [-0.25, -0.2) is 9.97 Å². The van der Waals surface area contributed by atoms with E-state index in [4.69, 9.17) is 17.3 Å². The maximum absolute atomic E-state index is 12.7. The molecule has 0 fully saturated rings. The van der Waals surface area contributed by atoms with Crippen LogP contribution in [0.5, 0.6) is 0 Å². The molecule has 0 saturated carbocycles. The van der Waals surface area contributed by atoms with Gasteiger partial charge in [-0.15, -0.1) is 12.4 Å². The Morgan fingerprint density at radius 3 is 2.26 bits per heavy atom. The lowest BCUT2D eigenvalue weighted by Gasteiger charge is -2.29. The summed E-state index contributed by atoms with van der Waals surface area (Å²) in [6.07, 6.45) is 2.76. The van der Waals surface area contributed by atoms with Crippen LogP contribution in [0.2, 0.25) is 5.02 Å². The van der Waals surface area contributed by atoms with Crippen LogP contribution in [0, 0.1) is 5.41 Å².